The van der Waals surface area contributed by atoms with Gasteiger partial charge in [0.05, 0.1) is 6.20 Å². The Morgan fingerprint density at radius 2 is 2.15 bits per heavy atom. The van der Waals surface area contributed by atoms with Gasteiger partial charge in [0.2, 0.25) is 5.78 Å². The number of aromatic nitrogens is 2. The minimum Gasteiger partial charge on any atom is -0.385 e. The average molecular weight is 180 g/mol. The first-order valence-corrected chi connectivity index (χ1v) is 4.11. The number of carbonyl (C=O) groups excluding carboxylic acids is 1. The maximum Gasteiger partial charge on any atom is 0.211 e. The van der Waals surface area contributed by atoms with Gasteiger partial charge >= 0.3 is 0 Å². The van der Waals surface area contributed by atoms with Gasteiger partial charge < -0.3 is 5.11 Å². The third-order valence-corrected chi connectivity index (χ3v) is 1.72. The quantitative estimate of drug-likeness (QED) is 0.694. The molecule has 1 rings (SSSR count). The number of aliphatic hydroxyl groups excluding tert-OH is 1. The molecule has 4 heteroatoms. The molecule has 0 radical (unpaired) electrons. The Balaban J connectivity index is 2.80. The molecule has 0 aliphatic carbocycles. The summed E-state index contributed by atoms with van der Waals surface area (Å²) in [5, 5.41) is 9.43. The highest BCUT2D eigenvalue weighted by atomic mass is 16.3. The molecule has 1 N–H and O–H groups in total. The smallest absolute Gasteiger partial charge is 0.211 e. The molecule has 1 atom stereocenters. The molecule has 70 valence electrons. The minimum absolute atomic E-state index is 0.102. The topological polar surface area (TPSA) is 63.1 Å². The summed E-state index contributed by atoms with van der Waals surface area (Å²) in [5.41, 5.74) is 0.212. The van der Waals surface area contributed by atoms with Crippen LogP contribution in [0.3, 0.4) is 0 Å². The molecule has 0 aliphatic rings. The molecule has 1 aromatic heterocycles. The van der Waals surface area contributed by atoms with Gasteiger partial charge in [-0.3, -0.25) is 9.78 Å². The number of aliphatic hydroxyl groups is 1. The van der Waals surface area contributed by atoms with Crippen LogP contribution in [0.5, 0.6) is 0 Å². The van der Waals surface area contributed by atoms with E-state index in [1.165, 1.54) is 18.6 Å². The third kappa shape index (κ3) is 2.32. The van der Waals surface area contributed by atoms with Crippen molar-refractivity contribution in [3.8, 4) is 0 Å². The van der Waals surface area contributed by atoms with Crippen molar-refractivity contribution in [2.24, 2.45) is 5.92 Å². The van der Waals surface area contributed by atoms with Gasteiger partial charge in [-0.15, -0.1) is 0 Å². The number of hydrogen-bond donors (Lipinski definition) is 1. The monoisotopic (exact) mass is 180 g/mol. The van der Waals surface area contributed by atoms with E-state index in [0.29, 0.717) is 0 Å². The summed E-state index contributed by atoms with van der Waals surface area (Å²) < 4.78 is 0. The van der Waals surface area contributed by atoms with Crippen molar-refractivity contribution in [1.29, 1.82) is 0 Å². The van der Waals surface area contributed by atoms with Crippen molar-refractivity contribution in [3.63, 3.8) is 0 Å². The zero-order valence-corrected chi connectivity index (χ0v) is 7.64. The maximum atomic E-state index is 11.4. The number of nitrogens with zero attached hydrogens (tertiary/aromatic N) is 2. The number of ketones is 1. The standard InChI is InChI=1S/C9H12N2O2/c1-6(2)8(12)9(13)7-5-10-3-4-11-7/h3-6,8,12H,1-2H3. The van der Waals surface area contributed by atoms with Gasteiger partial charge in [-0.2, -0.15) is 0 Å². The van der Waals surface area contributed by atoms with Crippen LogP contribution in [-0.2, 0) is 0 Å². The summed E-state index contributed by atoms with van der Waals surface area (Å²) in [4.78, 5) is 19.0. The second-order valence-electron chi connectivity index (χ2n) is 3.14. The fraction of sp³-hybridized carbons (Fsp3) is 0.444. The van der Waals surface area contributed by atoms with E-state index in [0.717, 1.165) is 0 Å². The molecule has 0 aliphatic heterocycles. The summed E-state index contributed by atoms with van der Waals surface area (Å²) >= 11 is 0. The predicted molar refractivity (Wildman–Crippen MR) is 47.2 cm³/mol. The SMILES string of the molecule is CC(C)C(O)C(=O)c1cnccn1. The van der Waals surface area contributed by atoms with E-state index in [-0.39, 0.29) is 17.4 Å². The van der Waals surface area contributed by atoms with Crippen LogP contribution >= 0.6 is 0 Å². The van der Waals surface area contributed by atoms with Crippen LogP contribution in [0.25, 0.3) is 0 Å². The van der Waals surface area contributed by atoms with Gasteiger partial charge in [0.15, 0.2) is 0 Å². The fourth-order valence-corrected chi connectivity index (χ4v) is 0.881. The van der Waals surface area contributed by atoms with Crippen molar-refractivity contribution in [1.82, 2.24) is 9.97 Å². The van der Waals surface area contributed by atoms with E-state index >= 15 is 0 Å². The normalized spacial score (nSPS) is 12.9. The second kappa shape index (κ2) is 4.09. The highest BCUT2D eigenvalue weighted by molar-refractivity contribution is 5.97. The first kappa shape index (κ1) is 9.80. The Hall–Kier alpha value is -1.29. The van der Waals surface area contributed by atoms with Crippen molar-refractivity contribution >= 4 is 5.78 Å². The molecule has 1 unspecified atom stereocenters. The van der Waals surface area contributed by atoms with E-state index in [9.17, 15) is 9.90 Å². The molecule has 0 aromatic carbocycles. The predicted octanol–water partition coefficient (Wildman–Crippen LogP) is 0.676. The van der Waals surface area contributed by atoms with Gasteiger partial charge in [0.25, 0.3) is 0 Å². The molecule has 0 bridgehead atoms. The lowest BCUT2D eigenvalue weighted by Gasteiger charge is -2.11. The van der Waals surface area contributed by atoms with E-state index in [1.54, 1.807) is 13.8 Å². The van der Waals surface area contributed by atoms with Gasteiger partial charge in [-0.1, -0.05) is 13.8 Å². The van der Waals surface area contributed by atoms with Crippen LogP contribution < -0.4 is 0 Å². The molecule has 0 saturated heterocycles. The second-order valence-corrected chi connectivity index (χ2v) is 3.14. The van der Waals surface area contributed by atoms with E-state index in [1.807, 2.05) is 0 Å². The van der Waals surface area contributed by atoms with Crippen LogP contribution in [0.15, 0.2) is 18.6 Å². The van der Waals surface area contributed by atoms with Gasteiger partial charge in [-0.25, -0.2) is 4.98 Å². The lowest BCUT2D eigenvalue weighted by molar-refractivity contribution is 0.0642. The molecule has 0 amide bonds. The number of Topliss-reactive ketones (excluding diaryl/α,β-unsaturated/α-hetero) is 1. The molecular weight excluding hydrogens is 168 g/mol. The van der Waals surface area contributed by atoms with Crippen LogP contribution in [-0.4, -0.2) is 27.0 Å². The highest BCUT2D eigenvalue weighted by Gasteiger charge is 2.21. The lowest BCUT2D eigenvalue weighted by atomic mass is 10.0. The Morgan fingerprint density at radius 1 is 1.46 bits per heavy atom. The van der Waals surface area contributed by atoms with E-state index < -0.39 is 6.10 Å². The first-order chi connectivity index (χ1) is 6.13. The Bertz CT molecular complexity index is 285. The maximum absolute atomic E-state index is 11.4. The molecule has 1 aromatic rings. The van der Waals surface area contributed by atoms with Crippen molar-refractivity contribution in [2.45, 2.75) is 20.0 Å². The molecule has 13 heavy (non-hydrogen) atoms. The molecular formula is C9H12N2O2. The minimum atomic E-state index is -0.989. The summed E-state index contributed by atoms with van der Waals surface area (Å²) in [7, 11) is 0. The van der Waals surface area contributed by atoms with Gasteiger partial charge in [-0.05, 0) is 5.92 Å². The summed E-state index contributed by atoms with van der Waals surface area (Å²) in [5.74, 6) is -0.474. The average Bonchev–Trinajstić information content (AvgIpc) is 2.17. The van der Waals surface area contributed by atoms with Crippen LogP contribution in [0.4, 0.5) is 0 Å². The Kier molecular flexibility index (Phi) is 3.08. The highest BCUT2D eigenvalue weighted by Crippen LogP contribution is 2.06. The number of hydrogen-bond acceptors (Lipinski definition) is 4. The Morgan fingerprint density at radius 3 is 2.62 bits per heavy atom. The summed E-state index contributed by atoms with van der Waals surface area (Å²) in [6, 6.07) is 0. The zero-order chi connectivity index (χ0) is 9.84. The largest absolute Gasteiger partial charge is 0.385 e. The van der Waals surface area contributed by atoms with Crippen LogP contribution in [0, 0.1) is 5.92 Å². The lowest BCUT2D eigenvalue weighted by Crippen LogP contribution is -2.26. The van der Waals surface area contributed by atoms with E-state index in [4.69, 9.17) is 0 Å². The number of rotatable bonds is 3. The van der Waals surface area contributed by atoms with Gasteiger partial charge in [0, 0.05) is 12.4 Å². The number of carbonyl (C=O) groups is 1. The molecule has 1 heterocycles. The van der Waals surface area contributed by atoms with Crippen molar-refractivity contribution in [3.05, 3.63) is 24.3 Å². The third-order valence-electron chi connectivity index (χ3n) is 1.72. The Labute approximate surface area is 76.7 Å². The molecule has 4 nitrogen and oxygen atoms in total. The molecule has 0 fully saturated rings. The van der Waals surface area contributed by atoms with Crippen LogP contribution in [0.2, 0.25) is 0 Å². The van der Waals surface area contributed by atoms with Gasteiger partial charge in [0.1, 0.15) is 11.8 Å². The molecule has 0 saturated carbocycles. The fourth-order valence-electron chi connectivity index (χ4n) is 0.881. The van der Waals surface area contributed by atoms with Crippen molar-refractivity contribution < 1.29 is 9.90 Å². The summed E-state index contributed by atoms with van der Waals surface area (Å²) in [6.07, 6.45) is 3.28. The van der Waals surface area contributed by atoms with E-state index in [2.05, 4.69) is 9.97 Å². The zero-order valence-electron chi connectivity index (χ0n) is 7.64. The van der Waals surface area contributed by atoms with Crippen molar-refractivity contribution in [2.75, 3.05) is 0 Å². The van der Waals surface area contributed by atoms with Crippen LogP contribution in [0.1, 0.15) is 24.3 Å². The summed E-state index contributed by atoms with van der Waals surface area (Å²) in [6.45, 7) is 3.55. The first-order valence-electron chi connectivity index (χ1n) is 4.11. The molecule has 0 spiro atoms.